The lowest BCUT2D eigenvalue weighted by atomic mass is 10.2. The fourth-order valence-electron chi connectivity index (χ4n) is 1.34. The molecule has 0 aliphatic carbocycles. The molecule has 2 aromatic heterocycles. The number of hydrogen-bond donors (Lipinski definition) is 2. The Balaban J connectivity index is 2.08. The van der Waals surface area contributed by atoms with Gasteiger partial charge in [0.2, 0.25) is 0 Å². The van der Waals surface area contributed by atoms with Crippen LogP contribution in [0.5, 0.6) is 0 Å². The van der Waals surface area contributed by atoms with Crippen LogP contribution in [0.1, 0.15) is 6.92 Å². The molecule has 0 saturated carbocycles. The lowest BCUT2D eigenvalue weighted by Crippen LogP contribution is -2.25. The van der Waals surface area contributed by atoms with Gasteiger partial charge in [-0.15, -0.1) is 10.2 Å². The number of pyridine rings is 1. The van der Waals surface area contributed by atoms with Crippen molar-refractivity contribution in [2.45, 2.75) is 13.0 Å². The maximum atomic E-state index is 5.64. The van der Waals surface area contributed by atoms with Crippen molar-refractivity contribution in [2.75, 3.05) is 11.9 Å². The molecule has 0 saturated heterocycles. The van der Waals surface area contributed by atoms with Crippen molar-refractivity contribution >= 4 is 5.82 Å². The molecule has 2 aromatic rings. The van der Waals surface area contributed by atoms with E-state index in [4.69, 9.17) is 5.73 Å². The molecule has 2 heterocycles. The van der Waals surface area contributed by atoms with E-state index < -0.39 is 0 Å². The molecule has 1 atom stereocenters. The standard InChI is InChI=1S/C12H15N5/c1-9(13)8-15-12-6-5-11(16-17-12)10-4-2-3-7-14-10/h2-7,9H,8,13H2,1H3,(H,15,17). The van der Waals surface area contributed by atoms with Gasteiger partial charge in [-0.25, -0.2) is 0 Å². The van der Waals surface area contributed by atoms with E-state index in [0.29, 0.717) is 6.54 Å². The molecule has 5 nitrogen and oxygen atoms in total. The number of rotatable bonds is 4. The van der Waals surface area contributed by atoms with Crippen LogP contribution in [0.25, 0.3) is 11.4 Å². The maximum absolute atomic E-state index is 5.64. The third-order valence-corrected chi connectivity index (χ3v) is 2.20. The highest BCUT2D eigenvalue weighted by Crippen LogP contribution is 2.13. The van der Waals surface area contributed by atoms with Gasteiger partial charge in [0.25, 0.3) is 0 Å². The van der Waals surface area contributed by atoms with Gasteiger partial charge in [0.1, 0.15) is 11.5 Å². The summed E-state index contributed by atoms with van der Waals surface area (Å²) in [6.07, 6.45) is 1.74. The molecule has 0 aromatic carbocycles. The Bertz CT molecular complexity index is 452. The Morgan fingerprint density at radius 3 is 2.65 bits per heavy atom. The fraction of sp³-hybridized carbons (Fsp3) is 0.250. The fourth-order valence-corrected chi connectivity index (χ4v) is 1.34. The van der Waals surface area contributed by atoms with Gasteiger partial charge in [0.15, 0.2) is 0 Å². The zero-order chi connectivity index (χ0) is 12.1. The number of aromatic nitrogens is 3. The SMILES string of the molecule is CC(N)CNc1ccc(-c2ccccn2)nn1. The van der Waals surface area contributed by atoms with Gasteiger partial charge in [-0.1, -0.05) is 6.07 Å². The number of nitrogens with two attached hydrogens (primary N) is 1. The molecule has 88 valence electrons. The lowest BCUT2D eigenvalue weighted by molar-refractivity contribution is 0.775. The molecule has 0 spiro atoms. The van der Waals surface area contributed by atoms with Gasteiger partial charge in [-0.2, -0.15) is 0 Å². The van der Waals surface area contributed by atoms with Gasteiger partial charge >= 0.3 is 0 Å². The molecule has 0 amide bonds. The Morgan fingerprint density at radius 1 is 1.18 bits per heavy atom. The van der Waals surface area contributed by atoms with Crippen molar-refractivity contribution in [1.82, 2.24) is 15.2 Å². The third-order valence-electron chi connectivity index (χ3n) is 2.20. The summed E-state index contributed by atoms with van der Waals surface area (Å²) in [5.74, 6) is 0.724. The van der Waals surface area contributed by atoms with Crippen LogP contribution in [-0.2, 0) is 0 Å². The van der Waals surface area contributed by atoms with Crippen LogP contribution in [0, 0.1) is 0 Å². The maximum Gasteiger partial charge on any atom is 0.148 e. The molecule has 0 radical (unpaired) electrons. The minimum atomic E-state index is 0.0901. The van der Waals surface area contributed by atoms with Gasteiger partial charge in [-0.3, -0.25) is 4.98 Å². The quantitative estimate of drug-likeness (QED) is 0.826. The van der Waals surface area contributed by atoms with E-state index in [1.54, 1.807) is 6.20 Å². The highest BCUT2D eigenvalue weighted by molar-refractivity contribution is 5.54. The van der Waals surface area contributed by atoms with Gasteiger partial charge in [0.05, 0.1) is 5.69 Å². The smallest absolute Gasteiger partial charge is 0.148 e. The van der Waals surface area contributed by atoms with Gasteiger partial charge in [0, 0.05) is 18.8 Å². The van der Waals surface area contributed by atoms with E-state index >= 15 is 0 Å². The van der Waals surface area contributed by atoms with Crippen LogP contribution in [0.4, 0.5) is 5.82 Å². The van der Waals surface area contributed by atoms with Crippen LogP contribution in [0.3, 0.4) is 0 Å². The Morgan fingerprint density at radius 2 is 2.06 bits per heavy atom. The zero-order valence-corrected chi connectivity index (χ0v) is 9.67. The van der Waals surface area contributed by atoms with Gasteiger partial charge in [-0.05, 0) is 31.2 Å². The van der Waals surface area contributed by atoms with E-state index in [1.165, 1.54) is 0 Å². The summed E-state index contributed by atoms with van der Waals surface area (Å²) in [4.78, 5) is 4.21. The number of anilines is 1. The summed E-state index contributed by atoms with van der Waals surface area (Å²) in [5, 5.41) is 11.3. The van der Waals surface area contributed by atoms with Gasteiger partial charge < -0.3 is 11.1 Å². The second-order valence-corrected chi connectivity index (χ2v) is 3.88. The first-order valence-electron chi connectivity index (χ1n) is 5.50. The molecule has 3 N–H and O–H groups in total. The van der Waals surface area contributed by atoms with Crippen LogP contribution in [0.2, 0.25) is 0 Å². The average Bonchev–Trinajstić information content (AvgIpc) is 2.38. The lowest BCUT2D eigenvalue weighted by Gasteiger charge is -2.07. The molecule has 0 aliphatic heterocycles. The van der Waals surface area contributed by atoms with Crippen LogP contribution in [0.15, 0.2) is 36.5 Å². The number of hydrogen-bond acceptors (Lipinski definition) is 5. The zero-order valence-electron chi connectivity index (χ0n) is 9.67. The molecular weight excluding hydrogens is 214 g/mol. The minimum Gasteiger partial charge on any atom is -0.367 e. The predicted octanol–water partition coefficient (Wildman–Crippen LogP) is 1.30. The monoisotopic (exact) mass is 229 g/mol. The van der Waals surface area contributed by atoms with Crippen LogP contribution in [-0.4, -0.2) is 27.8 Å². The summed E-state index contributed by atoms with van der Waals surface area (Å²) in [6, 6.07) is 9.55. The number of nitrogens with zero attached hydrogens (tertiary/aromatic N) is 3. The first-order valence-corrected chi connectivity index (χ1v) is 5.50. The summed E-state index contributed by atoms with van der Waals surface area (Å²) in [7, 11) is 0. The minimum absolute atomic E-state index is 0.0901. The van der Waals surface area contributed by atoms with Crippen molar-refractivity contribution in [1.29, 1.82) is 0 Å². The number of nitrogens with one attached hydrogen (secondary N) is 1. The summed E-state index contributed by atoms with van der Waals surface area (Å²) < 4.78 is 0. The largest absolute Gasteiger partial charge is 0.367 e. The van der Waals surface area contributed by atoms with Crippen molar-refractivity contribution in [3.8, 4) is 11.4 Å². The van der Waals surface area contributed by atoms with E-state index in [-0.39, 0.29) is 6.04 Å². The van der Waals surface area contributed by atoms with E-state index in [0.717, 1.165) is 17.2 Å². The Kier molecular flexibility index (Phi) is 3.62. The second-order valence-electron chi connectivity index (χ2n) is 3.88. The molecule has 0 fully saturated rings. The molecule has 5 heteroatoms. The normalized spacial score (nSPS) is 12.1. The predicted molar refractivity (Wildman–Crippen MR) is 67.4 cm³/mol. The van der Waals surface area contributed by atoms with Crippen LogP contribution < -0.4 is 11.1 Å². The highest BCUT2D eigenvalue weighted by atomic mass is 15.2. The van der Waals surface area contributed by atoms with E-state index in [1.807, 2.05) is 37.3 Å². The molecule has 1 unspecified atom stereocenters. The summed E-state index contributed by atoms with van der Waals surface area (Å²) in [5.41, 5.74) is 7.22. The van der Waals surface area contributed by atoms with E-state index in [9.17, 15) is 0 Å². The summed E-state index contributed by atoms with van der Waals surface area (Å²) >= 11 is 0. The van der Waals surface area contributed by atoms with Crippen molar-refractivity contribution in [3.63, 3.8) is 0 Å². The van der Waals surface area contributed by atoms with Crippen LogP contribution >= 0.6 is 0 Å². The molecule has 17 heavy (non-hydrogen) atoms. The Labute approximate surface area is 100 Å². The molecule has 0 aliphatic rings. The average molecular weight is 229 g/mol. The summed E-state index contributed by atoms with van der Waals surface area (Å²) in [6.45, 7) is 2.61. The Hall–Kier alpha value is -2.01. The first-order chi connectivity index (χ1) is 8.25. The van der Waals surface area contributed by atoms with Crippen molar-refractivity contribution in [2.24, 2.45) is 5.73 Å². The first kappa shape index (κ1) is 11.5. The van der Waals surface area contributed by atoms with E-state index in [2.05, 4.69) is 20.5 Å². The van der Waals surface area contributed by atoms with Crippen molar-refractivity contribution < 1.29 is 0 Å². The second kappa shape index (κ2) is 5.36. The highest BCUT2D eigenvalue weighted by Gasteiger charge is 2.01. The molecule has 2 rings (SSSR count). The molecule has 0 bridgehead atoms. The third kappa shape index (κ3) is 3.22. The molecular formula is C12H15N5. The van der Waals surface area contributed by atoms with Crippen molar-refractivity contribution in [3.05, 3.63) is 36.5 Å². The topological polar surface area (TPSA) is 76.7 Å².